The number of rotatable bonds is 7. The van der Waals surface area contributed by atoms with Crippen LogP contribution in [0.2, 0.25) is 0 Å². The summed E-state index contributed by atoms with van der Waals surface area (Å²) >= 11 is 8.35. The highest BCUT2D eigenvalue weighted by molar-refractivity contribution is 9.10. The maximum absolute atomic E-state index is 12.3. The molecule has 0 spiro atoms. The molecule has 29 heavy (non-hydrogen) atoms. The first-order chi connectivity index (χ1) is 13.9. The number of hydrogen-bond donors (Lipinski definition) is 3. The SMILES string of the molecule is CCC(C)Oc1cccc(C(=O)NC(=S)NNC(=O)COc2ccc(Br)cc2)c1. The summed E-state index contributed by atoms with van der Waals surface area (Å²) in [6.45, 7) is 3.76. The predicted octanol–water partition coefficient (Wildman–Crippen LogP) is 3.34. The molecule has 7 nitrogen and oxygen atoms in total. The molecule has 0 bridgehead atoms. The zero-order valence-electron chi connectivity index (χ0n) is 16.0. The Bertz CT molecular complexity index is 861. The van der Waals surface area contributed by atoms with Crippen LogP contribution in [0.1, 0.15) is 30.6 Å². The van der Waals surface area contributed by atoms with Gasteiger partial charge in [-0.2, -0.15) is 0 Å². The number of hydrogen-bond acceptors (Lipinski definition) is 5. The van der Waals surface area contributed by atoms with Crippen LogP contribution in [0.3, 0.4) is 0 Å². The van der Waals surface area contributed by atoms with E-state index >= 15 is 0 Å². The van der Waals surface area contributed by atoms with E-state index in [0.29, 0.717) is 17.1 Å². The van der Waals surface area contributed by atoms with Crippen LogP contribution in [-0.4, -0.2) is 29.6 Å². The second-order valence-electron chi connectivity index (χ2n) is 6.06. The molecule has 2 rings (SSSR count). The topological polar surface area (TPSA) is 88.7 Å². The normalized spacial score (nSPS) is 11.1. The number of nitrogens with one attached hydrogen (secondary N) is 3. The van der Waals surface area contributed by atoms with Gasteiger partial charge < -0.3 is 9.47 Å². The molecule has 1 atom stereocenters. The van der Waals surface area contributed by atoms with Crippen LogP contribution >= 0.6 is 28.1 Å². The summed E-state index contributed by atoms with van der Waals surface area (Å²) in [6, 6.07) is 13.9. The van der Waals surface area contributed by atoms with Crippen molar-refractivity contribution in [3.8, 4) is 11.5 Å². The molecule has 0 aliphatic carbocycles. The quantitative estimate of drug-likeness (QED) is 0.416. The third-order valence-electron chi connectivity index (χ3n) is 3.73. The Kier molecular flexibility index (Phi) is 8.88. The molecule has 0 aliphatic rings. The molecular formula is C20H22BrN3O4S. The van der Waals surface area contributed by atoms with Crippen molar-refractivity contribution >= 4 is 45.1 Å². The van der Waals surface area contributed by atoms with Crippen molar-refractivity contribution < 1.29 is 19.1 Å². The van der Waals surface area contributed by atoms with Crippen LogP contribution in [0.15, 0.2) is 53.0 Å². The van der Waals surface area contributed by atoms with Crippen LogP contribution in [0.5, 0.6) is 11.5 Å². The lowest BCUT2D eigenvalue weighted by molar-refractivity contribution is -0.123. The van der Waals surface area contributed by atoms with E-state index in [-0.39, 0.29) is 17.8 Å². The zero-order chi connectivity index (χ0) is 21.2. The van der Waals surface area contributed by atoms with E-state index in [1.54, 1.807) is 48.5 Å². The number of benzene rings is 2. The lowest BCUT2D eigenvalue weighted by Crippen LogP contribution is -2.49. The number of ether oxygens (including phenoxy) is 2. The molecule has 0 aliphatic heterocycles. The Morgan fingerprint density at radius 3 is 2.52 bits per heavy atom. The third kappa shape index (κ3) is 8.08. The molecule has 0 saturated carbocycles. The maximum Gasteiger partial charge on any atom is 0.276 e. The van der Waals surface area contributed by atoms with Crippen molar-refractivity contribution in [3.05, 3.63) is 58.6 Å². The molecule has 154 valence electrons. The van der Waals surface area contributed by atoms with Gasteiger partial charge in [0.25, 0.3) is 11.8 Å². The van der Waals surface area contributed by atoms with Gasteiger partial charge in [-0.1, -0.05) is 28.9 Å². The molecule has 9 heteroatoms. The van der Waals surface area contributed by atoms with Gasteiger partial charge in [0, 0.05) is 10.0 Å². The molecule has 2 amide bonds. The van der Waals surface area contributed by atoms with Gasteiger partial charge in [0.1, 0.15) is 11.5 Å². The fourth-order valence-corrected chi connectivity index (χ4v) is 2.48. The Morgan fingerprint density at radius 2 is 1.83 bits per heavy atom. The number of amides is 2. The van der Waals surface area contributed by atoms with Gasteiger partial charge in [-0.3, -0.25) is 25.8 Å². The van der Waals surface area contributed by atoms with Gasteiger partial charge in [0.2, 0.25) is 0 Å². The number of halogens is 1. The number of thiocarbonyl (C=S) groups is 1. The first-order valence-corrected chi connectivity index (χ1v) is 10.1. The van der Waals surface area contributed by atoms with Gasteiger partial charge >= 0.3 is 0 Å². The summed E-state index contributed by atoms with van der Waals surface area (Å²) in [5.74, 6) is 0.286. The Balaban J connectivity index is 1.76. The predicted molar refractivity (Wildman–Crippen MR) is 118 cm³/mol. The average Bonchev–Trinajstić information content (AvgIpc) is 2.72. The third-order valence-corrected chi connectivity index (χ3v) is 4.47. The van der Waals surface area contributed by atoms with Gasteiger partial charge in [-0.25, -0.2) is 0 Å². The van der Waals surface area contributed by atoms with Crippen LogP contribution < -0.4 is 25.6 Å². The average molecular weight is 480 g/mol. The van der Waals surface area contributed by atoms with Crippen molar-refractivity contribution in [1.29, 1.82) is 0 Å². The minimum Gasteiger partial charge on any atom is -0.491 e. The van der Waals surface area contributed by atoms with E-state index in [1.807, 2.05) is 13.8 Å². The van der Waals surface area contributed by atoms with Crippen molar-refractivity contribution in [2.45, 2.75) is 26.4 Å². The van der Waals surface area contributed by atoms with E-state index < -0.39 is 11.8 Å². The fraction of sp³-hybridized carbons (Fsp3) is 0.250. The minimum absolute atomic E-state index is 0.0414. The van der Waals surface area contributed by atoms with Crippen LogP contribution in [0.25, 0.3) is 0 Å². The Labute approximate surface area is 183 Å². The summed E-state index contributed by atoms with van der Waals surface area (Å²) in [7, 11) is 0. The molecular weight excluding hydrogens is 458 g/mol. The van der Waals surface area contributed by atoms with Crippen LogP contribution in [0.4, 0.5) is 0 Å². The number of hydrazine groups is 1. The Hall–Kier alpha value is -2.65. The largest absolute Gasteiger partial charge is 0.491 e. The number of carbonyl (C=O) groups excluding carboxylic acids is 2. The molecule has 2 aromatic carbocycles. The summed E-state index contributed by atoms with van der Waals surface area (Å²) in [4.78, 5) is 24.1. The monoisotopic (exact) mass is 479 g/mol. The first kappa shape index (κ1) is 22.6. The smallest absolute Gasteiger partial charge is 0.276 e. The highest BCUT2D eigenvalue weighted by Gasteiger charge is 2.11. The summed E-state index contributed by atoms with van der Waals surface area (Å²) < 4.78 is 12.0. The molecule has 1 unspecified atom stereocenters. The van der Waals surface area contributed by atoms with Gasteiger partial charge in [0.15, 0.2) is 11.7 Å². The lowest BCUT2D eigenvalue weighted by atomic mass is 10.2. The van der Waals surface area contributed by atoms with Crippen molar-refractivity contribution in [2.75, 3.05) is 6.61 Å². The van der Waals surface area contributed by atoms with Crippen molar-refractivity contribution in [1.82, 2.24) is 16.2 Å². The van der Waals surface area contributed by atoms with E-state index in [0.717, 1.165) is 10.9 Å². The number of carbonyl (C=O) groups is 2. The van der Waals surface area contributed by atoms with E-state index in [1.165, 1.54) is 0 Å². The van der Waals surface area contributed by atoms with Crippen molar-refractivity contribution in [3.63, 3.8) is 0 Å². The van der Waals surface area contributed by atoms with Crippen LogP contribution in [0, 0.1) is 0 Å². The van der Waals surface area contributed by atoms with Gasteiger partial charge in [-0.15, -0.1) is 0 Å². The van der Waals surface area contributed by atoms with E-state index in [4.69, 9.17) is 21.7 Å². The highest BCUT2D eigenvalue weighted by atomic mass is 79.9. The van der Waals surface area contributed by atoms with Crippen molar-refractivity contribution in [2.24, 2.45) is 0 Å². The fourth-order valence-electron chi connectivity index (χ4n) is 2.08. The summed E-state index contributed by atoms with van der Waals surface area (Å²) in [5.41, 5.74) is 5.22. The zero-order valence-corrected chi connectivity index (χ0v) is 18.4. The standard InChI is InChI=1S/C20H22BrN3O4S/c1-3-13(2)28-17-6-4-5-14(11-17)19(26)22-20(29)24-23-18(25)12-27-16-9-7-15(21)8-10-16/h4-11,13H,3,12H2,1-2H3,(H,23,25)(H2,22,24,26,29). The van der Waals surface area contributed by atoms with Gasteiger partial charge in [0.05, 0.1) is 6.10 Å². The molecule has 3 N–H and O–H groups in total. The molecule has 0 heterocycles. The molecule has 0 aromatic heterocycles. The minimum atomic E-state index is -0.450. The van der Waals surface area contributed by atoms with Gasteiger partial charge in [-0.05, 0) is 68.0 Å². The molecule has 0 fully saturated rings. The molecule has 0 saturated heterocycles. The maximum atomic E-state index is 12.3. The second-order valence-corrected chi connectivity index (χ2v) is 7.39. The summed E-state index contributed by atoms with van der Waals surface area (Å²) in [6.07, 6.45) is 0.904. The lowest BCUT2D eigenvalue weighted by Gasteiger charge is -2.14. The van der Waals surface area contributed by atoms with E-state index in [9.17, 15) is 9.59 Å². The van der Waals surface area contributed by atoms with Crippen LogP contribution in [-0.2, 0) is 4.79 Å². The molecule has 0 radical (unpaired) electrons. The molecule has 2 aromatic rings. The summed E-state index contributed by atoms with van der Waals surface area (Å²) in [5, 5.41) is 2.45. The first-order valence-electron chi connectivity index (χ1n) is 8.92. The second kappa shape index (κ2) is 11.4. The Morgan fingerprint density at radius 1 is 1.10 bits per heavy atom. The van der Waals surface area contributed by atoms with E-state index in [2.05, 4.69) is 32.1 Å². The highest BCUT2D eigenvalue weighted by Crippen LogP contribution is 2.16.